The van der Waals surface area contributed by atoms with E-state index in [2.05, 4.69) is 23.8 Å². The van der Waals surface area contributed by atoms with Gasteiger partial charge in [-0.3, -0.25) is 9.59 Å². The van der Waals surface area contributed by atoms with Crippen molar-refractivity contribution in [3.8, 4) is 0 Å². The lowest BCUT2D eigenvalue weighted by Gasteiger charge is -2.36. The standard InChI is InChI=1S/C14H18N2O3/c1-5-7-9-10(8-6-2)16-12(17)11(15-9)14(3,4)13(18)19/h5-8,11,15H,1-2H2,3-4H3,(H,16,17)(H,18,19)/b9-7+,10-8+. The Hall–Kier alpha value is -2.30. The van der Waals surface area contributed by atoms with Crippen molar-refractivity contribution in [2.45, 2.75) is 19.9 Å². The fourth-order valence-electron chi connectivity index (χ4n) is 1.71. The van der Waals surface area contributed by atoms with Gasteiger partial charge in [0.05, 0.1) is 16.8 Å². The second-order valence-corrected chi connectivity index (χ2v) is 4.73. The van der Waals surface area contributed by atoms with E-state index in [9.17, 15) is 14.7 Å². The van der Waals surface area contributed by atoms with Crippen LogP contribution in [0.3, 0.4) is 0 Å². The molecule has 19 heavy (non-hydrogen) atoms. The van der Waals surface area contributed by atoms with Crippen LogP contribution in [-0.2, 0) is 9.59 Å². The number of rotatable bonds is 4. The number of carboxylic acids is 1. The van der Waals surface area contributed by atoms with Crippen LogP contribution in [0.5, 0.6) is 0 Å². The monoisotopic (exact) mass is 262 g/mol. The highest BCUT2D eigenvalue weighted by molar-refractivity contribution is 5.92. The molecule has 0 aromatic heterocycles. The van der Waals surface area contributed by atoms with E-state index < -0.39 is 17.4 Å². The molecule has 5 nitrogen and oxygen atoms in total. The topological polar surface area (TPSA) is 78.4 Å². The van der Waals surface area contributed by atoms with E-state index >= 15 is 0 Å². The van der Waals surface area contributed by atoms with Crippen LogP contribution in [0.25, 0.3) is 0 Å². The molecule has 1 fully saturated rings. The summed E-state index contributed by atoms with van der Waals surface area (Å²) < 4.78 is 0. The zero-order valence-electron chi connectivity index (χ0n) is 11.1. The zero-order chi connectivity index (χ0) is 14.6. The summed E-state index contributed by atoms with van der Waals surface area (Å²) in [7, 11) is 0. The summed E-state index contributed by atoms with van der Waals surface area (Å²) in [5.41, 5.74) is -0.0875. The molecule has 102 valence electrons. The van der Waals surface area contributed by atoms with E-state index in [-0.39, 0.29) is 5.91 Å². The van der Waals surface area contributed by atoms with Crippen molar-refractivity contribution >= 4 is 11.9 Å². The summed E-state index contributed by atoms with van der Waals surface area (Å²) in [5.74, 6) is -1.43. The summed E-state index contributed by atoms with van der Waals surface area (Å²) in [6.45, 7) is 10.2. The maximum absolute atomic E-state index is 12.0. The fourth-order valence-corrected chi connectivity index (χ4v) is 1.71. The van der Waals surface area contributed by atoms with Crippen molar-refractivity contribution in [3.05, 3.63) is 48.9 Å². The number of piperazine rings is 1. The molecular formula is C14H18N2O3. The first-order valence-corrected chi connectivity index (χ1v) is 5.81. The summed E-state index contributed by atoms with van der Waals surface area (Å²) >= 11 is 0. The number of aliphatic carboxylic acids is 1. The first-order valence-electron chi connectivity index (χ1n) is 5.81. The molecule has 0 spiro atoms. The third kappa shape index (κ3) is 2.93. The number of hydrogen-bond donors (Lipinski definition) is 3. The molecule has 1 atom stereocenters. The van der Waals surface area contributed by atoms with Crippen LogP contribution in [0.2, 0.25) is 0 Å². The summed E-state index contributed by atoms with van der Waals surface area (Å²) in [6, 6.07) is -0.863. The van der Waals surface area contributed by atoms with Gasteiger partial charge < -0.3 is 15.7 Å². The predicted molar refractivity (Wildman–Crippen MR) is 73.0 cm³/mol. The molecule has 0 aromatic carbocycles. The van der Waals surface area contributed by atoms with E-state index in [1.165, 1.54) is 19.9 Å². The molecule has 1 rings (SSSR count). The molecule has 0 saturated carbocycles. The van der Waals surface area contributed by atoms with Crippen LogP contribution >= 0.6 is 0 Å². The van der Waals surface area contributed by atoms with Crippen LogP contribution in [-0.4, -0.2) is 23.0 Å². The van der Waals surface area contributed by atoms with Gasteiger partial charge in [-0.2, -0.15) is 0 Å². The van der Waals surface area contributed by atoms with Crippen molar-refractivity contribution in [2.24, 2.45) is 5.41 Å². The molecule has 5 heteroatoms. The van der Waals surface area contributed by atoms with Gasteiger partial charge in [0.2, 0.25) is 5.91 Å². The average molecular weight is 262 g/mol. The van der Waals surface area contributed by atoms with E-state index in [1.807, 2.05) is 0 Å². The molecule has 3 N–H and O–H groups in total. The van der Waals surface area contributed by atoms with Gasteiger partial charge in [0.1, 0.15) is 6.04 Å². The number of carbonyl (C=O) groups excluding carboxylic acids is 1. The normalized spacial score (nSPS) is 23.7. The number of carbonyl (C=O) groups is 2. The molecule has 1 aliphatic rings. The lowest BCUT2D eigenvalue weighted by Crippen LogP contribution is -2.59. The lowest BCUT2D eigenvalue weighted by atomic mass is 9.82. The Morgan fingerprint density at radius 1 is 1.26 bits per heavy atom. The van der Waals surface area contributed by atoms with Gasteiger partial charge in [-0.15, -0.1) is 0 Å². The minimum absolute atomic E-state index is 0.387. The summed E-state index contributed by atoms with van der Waals surface area (Å²) in [5, 5.41) is 14.8. The Balaban J connectivity index is 3.16. The molecule has 1 saturated heterocycles. The number of hydrogen-bond acceptors (Lipinski definition) is 3. The first-order chi connectivity index (χ1) is 8.84. The molecule has 0 aliphatic carbocycles. The highest BCUT2D eigenvalue weighted by Crippen LogP contribution is 2.26. The van der Waals surface area contributed by atoms with Crippen LogP contribution < -0.4 is 10.6 Å². The molecule has 1 unspecified atom stereocenters. The smallest absolute Gasteiger partial charge is 0.311 e. The average Bonchev–Trinajstić information content (AvgIpc) is 2.32. The minimum Gasteiger partial charge on any atom is -0.481 e. The van der Waals surface area contributed by atoms with Gasteiger partial charge >= 0.3 is 5.97 Å². The van der Waals surface area contributed by atoms with Crippen molar-refractivity contribution in [2.75, 3.05) is 0 Å². The van der Waals surface area contributed by atoms with E-state index in [4.69, 9.17) is 0 Å². The Morgan fingerprint density at radius 3 is 2.26 bits per heavy atom. The third-order valence-corrected chi connectivity index (χ3v) is 2.95. The quantitative estimate of drug-likeness (QED) is 0.714. The Morgan fingerprint density at radius 2 is 1.79 bits per heavy atom. The van der Waals surface area contributed by atoms with Gasteiger partial charge in [0.15, 0.2) is 0 Å². The Bertz CT molecular complexity index is 487. The highest BCUT2D eigenvalue weighted by atomic mass is 16.4. The molecule has 1 amide bonds. The third-order valence-electron chi connectivity index (χ3n) is 2.95. The van der Waals surface area contributed by atoms with Gasteiger partial charge in [-0.05, 0) is 26.0 Å². The zero-order valence-corrected chi connectivity index (χ0v) is 11.1. The molecule has 0 bridgehead atoms. The SMILES string of the molecule is C=C/C=C1/NC(=O)C(C(C)(C)C(=O)O)N/C1=C/C=C. The molecule has 1 heterocycles. The van der Waals surface area contributed by atoms with Gasteiger partial charge in [-0.1, -0.05) is 25.3 Å². The maximum Gasteiger partial charge on any atom is 0.311 e. The van der Waals surface area contributed by atoms with E-state index in [0.717, 1.165) is 0 Å². The van der Waals surface area contributed by atoms with Crippen molar-refractivity contribution < 1.29 is 14.7 Å². The lowest BCUT2D eigenvalue weighted by molar-refractivity contribution is -0.151. The number of amides is 1. The Kier molecular flexibility index (Phi) is 4.32. The van der Waals surface area contributed by atoms with Gasteiger partial charge in [0, 0.05) is 0 Å². The largest absolute Gasteiger partial charge is 0.481 e. The maximum atomic E-state index is 12.0. The predicted octanol–water partition coefficient (Wildman–Crippen LogP) is 1.32. The van der Waals surface area contributed by atoms with Crippen molar-refractivity contribution in [3.63, 3.8) is 0 Å². The summed E-state index contributed by atoms with van der Waals surface area (Å²) in [6.07, 6.45) is 6.39. The van der Waals surface area contributed by atoms with Gasteiger partial charge in [0.25, 0.3) is 0 Å². The van der Waals surface area contributed by atoms with Crippen LogP contribution in [0.15, 0.2) is 48.9 Å². The molecule has 1 aliphatic heterocycles. The number of carboxylic acid groups (broad SMARTS) is 1. The van der Waals surface area contributed by atoms with Crippen molar-refractivity contribution in [1.82, 2.24) is 10.6 Å². The fraction of sp³-hybridized carbons (Fsp3) is 0.286. The Labute approximate surface area is 112 Å². The van der Waals surface area contributed by atoms with Crippen LogP contribution in [0, 0.1) is 5.41 Å². The first kappa shape index (κ1) is 14.8. The minimum atomic E-state index is -1.23. The second kappa shape index (κ2) is 5.56. The molecular weight excluding hydrogens is 244 g/mol. The van der Waals surface area contributed by atoms with E-state index in [0.29, 0.717) is 11.4 Å². The summed E-state index contributed by atoms with van der Waals surface area (Å²) in [4.78, 5) is 23.3. The number of allylic oxidation sites excluding steroid dienone is 4. The number of nitrogens with one attached hydrogen (secondary N) is 2. The molecule has 0 aromatic rings. The highest BCUT2D eigenvalue weighted by Gasteiger charge is 2.44. The van der Waals surface area contributed by atoms with Gasteiger partial charge in [-0.25, -0.2) is 0 Å². The second-order valence-electron chi connectivity index (χ2n) is 4.73. The van der Waals surface area contributed by atoms with E-state index in [1.54, 1.807) is 18.2 Å². The molecule has 0 radical (unpaired) electrons. The van der Waals surface area contributed by atoms with Crippen LogP contribution in [0.4, 0.5) is 0 Å². The van der Waals surface area contributed by atoms with Crippen LogP contribution in [0.1, 0.15) is 13.8 Å². The van der Waals surface area contributed by atoms with Crippen molar-refractivity contribution in [1.29, 1.82) is 0 Å².